The average Bonchev–Trinajstić information content (AvgIpc) is 2.83. The summed E-state index contributed by atoms with van der Waals surface area (Å²) in [6.45, 7) is 16.5. The molecule has 0 radical (unpaired) electrons. The fraction of sp³-hybridized carbons (Fsp3) is 0.800. The lowest BCUT2D eigenvalue weighted by Gasteiger charge is -2.30. The molecule has 0 atom stereocenters. The molecule has 2 heteroatoms. The Hall–Kier alpha value is -1.31. The van der Waals surface area contributed by atoms with Crippen molar-refractivity contribution < 1.29 is 9.53 Å². The summed E-state index contributed by atoms with van der Waals surface area (Å²) in [7, 11) is 0. The van der Waals surface area contributed by atoms with E-state index in [0.717, 1.165) is 12.8 Å². The van der Waals surface area contributed by atoms with Crippen LogP contribution in [-0.4, -0.2) is 12.6 Å². The maximum atomic E-state index is 12.3. The van der Waals surface area contributed by atoms with Crippen molar-refractivity contribution in [3.05, 3.63) is 34.9 Å². The molecule has 0 N–H and O–H groups in total. The molecule has 1 rings (SSSR count). The molecule has 0 bridgehead atoms. The summed E-state index contributed by atoms with van der Waals surface area (Å²) in [5, 5.41) is 0. The van der Waals surface area contributed by atoms with Crippen molar-refractivity contribution in [1.82, 2.24) is 0 Å². The minimum absolute atomic E-state index is 0.0573. The largest absolute Gasteiger partial charge is 0.466 e. The minimum atomic E-state index is -0.0573. The van der Waals surface area contributed by atoms with E-state index in [1.807, 2.05) is 0 Å². The van der Waals surface area contributed by atoms with E-state index in [1.165, 1.54) is 113 Å². The number of hydrogen-bond donors (Lipinski definition) is 0. The molecule has 37 heavy (non-hydrogen) atoms. The van der Waals surface area contributed by atoms with Crippen LogP contribution < -0.4 is 0 Å². The maximum absolute atomic E-state index is 12.3. The zero-order chi connectivity index (χ0) is 27.6. The highest BCUT2D eigenvalue weighted by molar-refractivity contribution is 5.69. The lowest BCUT2D eigenvalue weighted by Crippen LogP contribution is -2.22. The molecular weight excluding hydrogens is 452 g/mol. The Morgan fingerprint density at radius 3 is 1.49 bits per heavy atom. The third-order valence-electron chi connectivity index (χ3n) is 7.58. The first-order chi connectivity index (χ1) is 17.6. The fourth-order valence-electron chi connectivity index (χ4n) is 5.18. The van der Waals surface area contributed by atoms with Crippen molar-refractivity contribution in [2.75, 3.05) is 6.61 Å². The van der Waals surface area contributed by atoms with Crippen LogP contribution in [0.25, 0.3) is 0 Å². The molecule has 0 aromatic heterocycles. The highest BCUT2D eigenvalue weighted by Crippen LogP contribution is 2.34. The van der Waals surface area contributed by atoms with Crippen molar-refractivity contribution in [2.24, 2.45) is 0 Å². The van der Waals surface area contributed by atoms with Gasteiger partial charge in [-0.15, -0.1) is 0 Å². The Bertz CT molecular complexity index is 720. The van der Waals surface area contributed by atoms with Gasteiger partial charge in [-0.2, -0.15) is 0 Å². The van der Waals surface area contributed by atoms with Crippen LogP contribution in [0.3, 0.4) is 0 Å². The molecule has 0 amide bonds. The van der Waals surface area contributed by atoms with Gasteiger partial charge in [0.05, 0.1) is 6.61 Å². The smallest absolute Gasteiger partial charge is 0.306 e. The summed E-state index contributed by atoms with van der Waals surface area (Å²) < 4.78 is 5.52. The number of carbonyl (C=O) groups excluding carboxylic acids is 1. The molecule has 0 saturated carbocycles. The van der Waals surface area contributed by atoms with Crippen molar-refractivity contribution >= 4 is 5.97 Å². The molecule has 1 aromatic rings. The quantitative estimate of drug-likeness (QED) is 0.128. The topological polar surface area (TPSA) is 26.3 Å². The van der Waals surface area contributed by atoms with Gasteiger partial charge in [-0.05, 0) is 40.4 Å². The van der Waals surface area contributed by atoms with Gasteiger partial charge in [0, 0.05) is 6.42 Å². The Labute approximate surface area is 231 Å². The molecule has 0 aliphatic carbocycles. The maximum Gasteiger partial charge on any atom is 0.306 e. The summed E-state index contributed by atoms with van der Waals surface area (Å²) in [6, 6.07) is 6.76. The second-order valence-electron chi connectivity index (χ2n) is 13.4. The number of benzene rings is 1. The molecule has 214 valence electrons. The van der Waals surface area contributed by atoms with Gasteiger partial charge in [-0.3, -0.25) is 4.79 Å². The van der Waals surface area contributed by atoms with Gasteiger partial charge in [0.25, 0.3) is 0 Å². The Kier molecular flexibility index (Phi) is 17.2. The third-order valence-corrected chi connectivity index (χ3v) is 7.58. The standard InChI is InChI=1S/C35H62O2/c1-8-9-10-11-12-13-14-15-16-17-18-19-20-21-22-23-28-37-33(36)27-25-30-24-26-31(34(2,3)4)32(29-30)35(5,6)7/h24,26,29H,8-23,25,27-28H2,1-7H3. The molecule has 0 aliphatic rings. The second-order valence-corrected chi connectivity index (χ2v) is 13.4. The zero-order valence-electron chi connectivity index (χ0n) is 26.0. The molecule has 0 heterocycles. The molecule has 0 fully saturated rings. The summed E-state index contributed by atoms with van der Waals surface area (Å²) in [5.41, 5.74) is 4.23. The highest BCUT2D eigenvalue weighted by Gasteiger charge is 2.25. The fourth-order valence-corrected chi connectivity index (χ4v) is 5.18. The van der Waals surface area contributed by atoms with Crippen LogP contribution >= 0.6 is 0 Å². The van der Waals surface area contributed by atoms with Gasteiger partial charge in [-0.1, -0.05) is 163 Å². The van der Waals surface area contributed by atoms with Crippen LogP contribution in [0.4, 0.5) is 0 Å². The Morgan fingerprint density at radius 1 is 0.622 bits per heavy atom. The van der Waals surface area contributed by atoms with Gasteiger partial charge >= 0.3 is 5.97 Å². The molecule has 0 unspecified atom stereocenters. The number of carbonyl (C=O) groups is 1. The predicted molar refractivity (Wildman–Crippen MR) is 163 cm³/mol. The minimum Gasteiger partial charge on any atom is -0.466 e. The third kappa shape index (κ3) is 16.3. The first-order valence-electron chi connectivity index (χ1n) is 15.8. The van der Waals surface area contributed by atoms with Crippen molar-refractivity contribution in [1.29, 1.82) is 0 Å². The number of esters is 1. The summed E-state index contributed by atoms with van der Waals surface area (Å²) in [6.07, 6.45) is 23.0. The van der Waals surface area contributed by atoms with E-state index in [-0.39, 0.29) is 16.8 Å². The predicted octanol–water partition coefficient (Wildman–Crippen LogP) is 11.0. The average molecular weight is 515 g/mol. The number of aryl methyl sites for hydroxylation is 1. The summed E-state index contributed by atoms with van der Waals surface area (Å²) in [5.74, 6) is -0.0573. The van der Waals surface area contributed by atoms with E-state index in [1.54, 1.807) is 0 Å². The molecule has 1 aromatic carbocycles. The van der Waals surface area contributed by atoms with E-state index in [4.69, 9.17) is 4.74 Å². The summed E-state index contributed by atoms with van der Waals surface area (Å²) in [4.78, 5) is 12.3. The first-order valence-corrected chi connectivity index (χ1v) is 15.8. The van der Waals surface area contributed by atoms with Crippen LogP contribution in [0, 0.1) is 0 Å². The van der Waals surface area contributed by atoms with Crippen LogP contribution in [-0.2, 0) is 26.8 Å². The van der Waals surface area contributed by atoms with Crippen LogP contribution in [0.5, 0.6) is 0 Å². The van der Waals surface area contributed by atoms with Gasteiger partial charge in [0.15, 0.2) is 0 Å². The number of hydrogen-bond acceptors (Lipinski definition) is 2. The lowest BCUT2D eigenvalue weighted by molar-refractivity contribution is -0.143. The van der Waals surface area contributed by atoms with Gasteiger partial charge < -0.3 is 4.74 Å². The molecule has 0 saturated heterocycles. The lowest BCUT2D eigenvalue weighted by atomic mass is 9.74. The van der Waals surface area contributed by atoms with Crippen molar-refractivity contribution in [3.63, 3.8) is 0 Å². The number of unbranched alkanes of at least 4 members (excludes halogenated alkanes) is 15. The van der Waals surface area contributed by atoms with Gasteiger partial charge in [0.2, 0.25) is 0 Å². The van der Waals surface area contributed by atoms with Gasteiger partial charge in [0.1, 0.15) is 0 Å². The van der Waals surface area contributed by atoms with Crippen LogP contribution in [0.15, 0.2) is 18.2 Å². The second kappa shape index (κ2) is 18.9. The number of ether oxygens (including phenoxy) is 1. The van der Waals surface area contributed by atoms with Crippen molar-refractivity contribution in [2.45, 2.75) is 175 Å². The van der Waals surface area contributed by atoms with Gasteiger partial charge in [-0.25, -0.2) is 0 Å². The van der Waals surface area contributed by atoms with Crippen LogP contribution in [0.2, 0.25) is 0 Å². The molecule has 2 nitrogen and oxygen atoms in total. The SMILES string of the molecule is CCCCCCCCCCCCCCCCCCOC(=O)CCc1ccc(C(C)(C)C)c(C(C)(C)C)c1. The molecule has 0 spiro atoms. The van der Waals surface area contributed by atoms with E-state index in [9.17, 15) is 4.79 Å². The van der Waals surface area contributed by atoms with Crippen LogP contribution in [0.1, 0.15) is 174 Å². The summed E-state index contributed by atoms with van der Waals surface area (Å²) >= 11 is 0. The monoisotopic (exact) mass is 514 g/mol. The zero-order valence-corrected chi connectivity index (χ0v) is 26.0. The highest BCUT2D eigenvalue weighted by atomic mass is 16.5. The normalized spacial score (nSPS) is 12.2. The Balaban J connectivity index is 2.05. The molecule has 0 aliphatic heterocycles. The van der Waals surface area contributed by atoms with E-state index < -0.39 is 0 Å². The van der Waals surface area contributed by atoms with E-state index in [2.05, 4.69) is 66.7 Å². The molecular formula is C35H62O2. The van der Waals surface area contributed by atoms with Crippen molar-refractivity contribution in [3.8, 4) is 0 Å². The number of rotatable bonds is 20. The first kappa shape index (κ1) is 33.7. The Morgan fingerprint density at radius 2 is 1.05 bits per heavy atom. The van der Waals surface area contributed by atoms with E-state index in [0.29, 0.717) is 13.0 Å². The van der Waals surface area contributed by atoms with E-state index >= 15 is 0 Å².